The largest absolute Gasteiger partial charge is 0.465 e. The SMILES string of the molecule is CCOC(=O)C1(CCC(=O)N[C@H](C)c2ccccc2)CN(Cc2ccccc2)CC1=O. The summed E-state index contributed by atoms with van der Waals surface area (Å²) < 4.78 is 5.26. The van der Waals surface area contributed by atoms with Gasteiger partial charge >= 0.3 is 5.97 Å². The van der Waals surface area contributed by atoms with Gasteiger partial charge in [-0.1, -0.05) is 60.7 Å². The molecular formula is C25H30N2O4. The van der Waals surface area contributed by atoms with E-state index in [1.165, 1.54) is 0 Å². The first-order chi connectivity index (χ1) is 14.9. The molecule has 2 atom stereocenters. The van der Waals surface area contributed by atoms with Crippen LogP contribution in [-0.4, -0.2) is 42.3 Å². The van der Waals surface area contributed by atoms with Gasteiger partial charge < -0.3 is 10.1 Å². The quantitative estimate of drug-likeness (QED) is 0.496. The zero-order chi connectivity index (χ0) is 22.3. The van der Waals surface area contributed by atoms with Crippen LogP contribution in [0.5, 0.6) is 0 Å². The van der Waals surface area contributed by atoms with Crippen LogP contribution in [0.3, 0.4) is 0 Å². The number of Topliss-reactive ketones (excluding diaryl/α,β-unsaturated/α-hetero) is 1. The Kier molecular flexibility index (Phi) is 7.58. The van der Waals surface area contributed by atoms with Gasteiger partial charge in [-0.05, 0) is 31.4 Å². The van der Waals surface area contributed by atoms with Crippen LogP contribution in [0.15, 0.2) is 60.7 Å². The molecule has 1 N–H and O–H groups in total. The molecule has 164 valence electrons. The number of esters is 1. The number of benzene rings is 2. The Morgan fingerprint density at radius 1 is 1.10 bits per heavy atom. The topological polar surface area (TPSA) is 75.7 Å². The highest BCUT2D eigenvalue weighted by Gasteiger charge is 2.52. The number of rotatable bonds is 9. The Morgan fingerprint density at radius 2 is 1.74 bits per heavy atom. The summed E-state index contributed by atoms with van der Waals surface area (Å²) in [6.45, 7) is 4.85. The number of ketones is 1. The molecule has 0 aromatic heterocycles. The summed E-state index contributed by atoms with van der Waals surface area (Å²) in [5, 5.41) is 2.96. The van der Waals surface area contributed by atoms with Crippen LogP contribution >= 0.6 is 0 Å². The molecule has 0 bridgehead atoms. The number of amides is 1. The van der Waals surface area contributed by atoms with E-state index in [0.717, 1.165) is 11.1 Å². The first kappa shape index (κ1) is 22.7. The molecule has 1 amide bonds. The molecule has 1 heterocycles. The van der Waals surface area contributed by atoms with Gasteiger partial charge in [-0.15, -0.1) is 0 Å². The van der Waals surface area contributed by atoms with Crippen LogP contribution < -0.4 is 5.32 Å². The lowest BCUT2D eigenvalue weighted by Gasteiger charge is -2.26. The fourth-order valence-corrected chi connectivity index (χ4v) is 4.07. The van der Waals surface area contributed by atoms with Crippen molar-refractivity contribution in [3.63, 3.8) is 0 Å². The summed E-state index contributed by atoms with van der Waals surface area (Å²) in [5.41, 5.74) is 0.782. The zero-order valence-corrected chi connectivity index (χ0v) is 18.2. The zero-order valence-electron chi connectivity index (χ0n) is 18.2. The van der Waals surface area contributed by atoms with Crippen LogP contribution in [-0.2, 0) is 25.7 Å². The van der Waals surface area contributed by atoms with Crippen molar-refractivity contribution < 1.29 is 19.1 Å². The van der Waals surface area contributed by atoms with Gasteiger partial charge in [0, 0.05) is 19.5 Å². The lowest BCUT2D eigenvalue weighted by atomic mass is 9.81. The maximum atomic E-state index is 13.0. The number of nitrogens with one attached hydrogen (secondary N) is 1. The van der Waals surface area contributed by atoms with Crippen molar-refractivity contribution in [1.29, 1.82) is 0 Å². The number of ether oxygens (including phenoxy) is 1. The molecule has 1 saturated heterocycles. The smallest absolute Gasteiger partial charge is 0.321 e. The normalized spacial score (nSPS) is 19.7. The average molecular weight is 423 g/mol. The van der Waals surface area contributed by atoms with Gasteiger partial charge in [0.15, 0.2) is 5.78 Å². The molecule has 0 radical (unpaired) electrons. The van der Waals surface area contributed by atoms with Crippen molar-refractivity contribution in [3.8, 4) is 0 Å². The summed E-state index contributed by atoms with van der Waals surface area (Å²) in [5.74, 6) is -0.889. The lowest BCUT2D eigenvalue weighted by molar-refractivity contribution is -0.158. The van der Waals surface area contributed by atoms with Crippen molar-refractivity contribution in [2.45, 2.75) is 39.3 Å². The van der Waals surface area contributed by atoms with Crippen LogP contribution in [0.4, 0.5) is 0 Å². The predicted molar refractivity (Wildman–Crippen MR) is 118 cm³/mol. The Labute approximate surface area is 183 Å². The standard InChI is InChI=1S/C25H30N2O4/c1-3-31-24(30)25(15-14-23(29)26-19(2)21-12-8-5-9-13-21)18-27(17-22(25)28)16-20-10-6-4-7-11-20/h4-13,19H,3,14-18H2,1-2H3,(H,26,29)/t19-,25?/m1/s1. The van der Waals surface area contributed by atoms with Crippen LogP contribution in [0.1, 0.15) is 43.9 Å². The van der Waals surface area contributed by atoms with Crippen molar-refractivity contribution in [2.75, 3.05) is 19.7 Å². The molecule has 1 aliphatic rings. The lowest BCUT2D eigenvalue weighted by Crippen LogP contribution is -2.42. The molecule has 6 nitrogen and oxygen atoms in total. The van der Waals surface area contributed by atoms with Gasteiger partial charge in [0.05, 0.1) is 19.2 Å². The highest BCUT2D eigenvalue weighted by molar-refractivity contribution is 6.07. The number of likely N-dealkylation sites (tertiary alicyclic amines) is 1. The number of hydrogen-bond donors (Lipinski definition) is 1. The summed E-state index contributed by atoms with van der Waals surface area (Å²) in [6.07, 6.45) is 0.226. The maximum Gasteiger partial charge on any atom is 0.321 e. The summed E-state index contributed by atoms with van der Waals surface area (Å²) in [4.78, 5) is 40.4. The second-order valence-corrected chi connectivity index (χ2v) is 8.06. The van der Waals surface area contributed by atoms with Gasteiger partial charge in [-0.2, -0.15) is 0 Å². The molecule has 1 unspecified atom stereocenters. The maximum absolute atomic E-state index is 13.0. The number of carbonyl (C=O) groups is 3. The monoisotopic (exact) mass is 422 g/mol. The Morgan fingerprint density at radius 3 is 2.39 bits per heavy atom. The Balaban J connectivity index is 1.66. The Bertz CT molecular complexity index is 900. The second kappa shape index (κ2) is 10.4. The van der Waals surface area contributed by atoms with Gasteiger partial charge in [0.25, 0.3) is 0 Å². The molecule has 3 rings (SSSR count). The van der Waals surface area contributed by atoms with E-state index in [1.54, 1.807) is 6.92 Å². The van der Waals surface area contributed by atoms with Gasteiger partial charge in [-0.25, -0.2) is 0 Å². The minimum atomic E-state index is -1.29. The summed E-state index contributed by atoms with van der Waals surface area (Å²) in [6, 6.07) is 19.3. The molecule has 2 aromatic carbocycles. The molecule has 31 heavy (non-hydrogen) atoms. The van der Waals surface area contributed by atoms with E-state index in [9.17, 15) is 14.4 Å². The second-order valence-electron chi connectivity index (χ2n) is 8.06. The van der Waals surface area contributed by atoms with Gasteiger partial charge in [-0.3, -0.25) is 19.3 Å². The van der Waals surface area contributed by atoms with Crippen molar-refractivity contribution in [1.82, 2.24) is 10.2 Å². The van der Waals surface area contributed by atoms with Gasteiger partial charge in [0.2, 0.25) is 5.91 Å². The van der Waals surface area contributed by atoms with E-state index in [1.807, 2.05) is 72.5 Å². The predicted octanol–water partition coefficient (Wildman–Crippen LogP) is 3.28. The van der Waals surface area contributed by atoms with Crippen LogP contribution in [0.25, 0.3) is 0 Å². The molecule has 2 aromatic rings. The van der Waals surface area contributed by atoms with Crippen LogP contribution in [0.2, 0.25) is 0 Å². The summed E-state index contributed by atoms with van der Waals surface area (Å²) >= 11 is 0. The van der Waals surface area contributed by atoms with E-state index >= 15 is 0 Å². The first-order valence-electron chi connectivity index (χ1n) is 10.8. The van der Waals surface area contributed by atoms with E-state index in [0.29, 0.717) is 6.54 Å². The minimum absolute atomic E-state index is 0.0842. The van der Waals surface area contributed by atoms with Gasteiger partial charge in [0.1, 0.15) is 5.41 Å². The molecule has 1 aliphatic heterocycles. The number of carbonyl (C=O) groups excluding carboxylic acids is 3. The minimum Gasteiger partial charge on any atom is -0.465 e. The van der Waals surface area contributed by atoms with E-state index in [4.69, 9.17) is 4.74 Å². The molecule has 0 aliphatic carbocycles. The molecule has 0 saturated carbocycles. The third kappa shape index (κ3) is 5.58. The third-order valence-corrected chi connectivity index (χ3v) is 5.77. The van der Waals surface area contributed by atoms with E-state index in [2.05, 4.69) is 5.32 Å². The highest BCUT2D eigenvalue weighted by Crippen LogP contribution is 2.35. The third-order valence-electron chi connectivity index (χ3n) is 5.77. The number of nitrogens with zero attached hydrogens (tertiary/aromatic N) is 1. The molecule has 0 spiro atoms. The summed E-state index contributed by atoms with van der Waals surface area (Å²) in [7, 11) is 0. The fourth-order valence-electron chi connectivity index (χ4n) is 4.07. The van der Waals surface area contributed by atoms with E-state index < -0.39 is 11.4 Å². The number of hydrogen-bond acceptors (Lipinski definition) is 5. The fraction of sp³-hybridized carbons (Fsp3) is 0.400. The van der Waals surface area contributed by atoms with Crippen molar-refractivity contribution in [3.05, 3.63) is 71.8 Å². The van der Waals surface area contributed by atoms with Crippen LogP contribution in [0, 0.1) is 5.41 Å². The first-order valence-corrected chi connectivity index (χ1v) is 10.8. The Hall–Kier alpha value is -2.99. The van der Waals surface area contributed by atoms with Crippen molar-refractivity contribution in [2.24, 2.45) is 5.41 Å². The van der Waals surface area contributed by atoms with E-state index in [-0.39, 0.29) is 50.3 Å². The molecule has 1 fully saturated rings. The van der Waals surface area contributed by atoms with Crippen molar-refractivity contribution >= 4 is 17.7 Å². The average Bonchev–Trinajstić information content (AvgIpc) is 3.09. The highest BCUT2D eigenvalue weighted by atomic mass is 16.5. The molecular weight excluding hydrogens is 392 g/mol. The molecule has 6 heteroatoms.